The smallest absolute Gasteiger partial charge is 0.173 e. The summed E-state index contributed by atoms with van der Waals surface area (Å²) in [5.41, 5.74) is 7.22. The molecule has 0 aliphatic heterocycles. The van der Waals surface area contributed by atoms with Gasteiger partial charge in [-0.15, -0.1) is 5.11 Å². The molecule has 2 N–H and O–H groups in total. The first-order valence-corrected chi connectivity index (χ1v) is 2.86. The Hall–Kier alpha value is -1.51. The number of hydrogen-bond acceptors (Lipinski definition) is 2. The molecule has 1 aromatic carbocycles. The van der Waals surface area contributed by atoms with Crippen molar-refractivity contribution >= 4 is 5.84 Å². The van der Waals surface area contributed by atoms with Crippen molar-refractivity contribution < 1.29 is 0 Å². The molecule has 58 valence electrons. The van der Waals surface area contributed by atoms with Gasteiger partial charge in [-0.2, -0.15) is 0 Å². The lowest BCUT2D eigenvalue weighted by molar-refractivity contribution is 1.16. The van der Waals surface area contributed by atoms with Gasteiger partial charge in [-0.25, -0.2) is 5.53 Å². The highest BCUT2D eigenvalue weighted by Gasteiger charge is 1.94. The normalized spacial score (nSPS) is 8.00. The molecule has 0 bridgehead atoms. The predicted molar refractivity (Wildman–Crippen MR) is 45.1 cm³/mol. The maximum Gasteiger partial charge on any atom is 0.173 e. The van der Waals surface area contributed by atoms with Crippen molar-refractivity contribution in [3.63, 3.8) is 0 Å². The lowest BCUT2D eigenvalue weighted by Crippen LogP contribution is -1.90. The molecule has 0 unspecified atom stereocenters. The Morgan fingerprint density at radius 2 is 1.73 bits per heavy atom. The van der Waals surface area contributed by atoms with E-state index >= 15 is 0 Å². The summed E-state index contributed by atoms with van der Waals surface area (Å²) in [6.45, 7) is 0. The zero-order valence-electron chi connectivity index (χ0n) is 5.33. The zero-order chi connectivity index (χ0) is 7.40. The van der Waals surface area contributed by atoms with Gasteiger partial charge in [0.05, 0.1) is 0 Å². The third kappa shape index (κ3) is 2.29. The van der Waals surface area contributed by atoms with Gasteiger partial charge in [0.25, 0.3) is 0 Å². The van der Waals surface area contributed by atoms with E-state index in [4.69, 9.17) is 10.9 Å². The molecule has 1 aromatic rings. The second kappa shape index (κ2) is 4.33. The summed E-state index contributed by atoms with van der Waals surface area (Å²) >= 11 is 0. The van der Waals surface area contributed by atoms with Gasteiger partial charge in [0.2, 0.25) is 0 Å². The van der Waals surface area contributed by atoms with Crippen molar-refractivity contribution in [3.8, 4) is 0 Å². The zero-order valence-corrected chi connectivity index (χ0v) is 5.33. The average molecular weight is 149 g/mol. The van der Waals surface area contributed by atoms with E-state index in [1.165, 1.54) is 0 Å². The molecule has 0 spiro atoms. The first kappa shape index (κ1) is 9.49. The van der Waals surface area contributed by atoms with Crippen molar-refractivity contribution in [1.29, 1.82) is 10.9 Å². The molecule has 0 atom stereocenters. The summed E-state index contributed by atoms with van der Waals surface area (Å²) in [4.78, 5) is 0. The van der Waals surface area contributed by atoms with E-state index in [-0.39, 0.29) is 13.3 Å². The van der Waals surface area contributed by atoms with Gasteiger partial charge in [-0.1, -0.05) is 37.8 Å². The predicted octanol–water partition coefficient (Wildman–Crippen LogP) is 2.68. The Kier molecular flexibility index (Phi) is 3.73. The van der Waals surface area contributed by atoms with E-state index in [9.17, 15) is 0 Å². The lowest BCUT2D eigenvalue weighted by atomic mass is 10.2. The molecule has 11 heavy (non-hydrogen) atoms. The first-order valence-electron chi connectivity index (χ1n) is 2.86. The Balaban J connectivity index is 0.000001000. The van der Waals surface area contributed by atoms with E-state index in [1.807, 2.05) is 18.2 Å². The van der Waals surface area contributed by atoms with Crippen molar-refractivity contribution in [2.45, 2.75) is 7.43 Å². The van der Waals surface area contributed by atoms with Gasteiger partial charge < -0.3 is 0 Å². The summed E-state index contributed by atoms with van der Waals surface area (Å²) in [6.07, 6.45) is 0. The van der Waals surface area contributed by atoms with Crippen LogP contribution in [0.2, 0.25) is 0 Å². The third-order valence-corrected chi connectivity index (χ3v) is 1.16. The van der Waals surface area contributed by atoms with Crippen molar-refractivity contribution in [2.75, 3.05) is 0 Å². The SMILES string of the molecule is C.N=NC(=N)c1ccccc1. The van der Waals surface area contributed by atoms with Gasteiger partial charge in [0.15, 0.2) is 5.84 Å². The summed E-state index contributed by atoms with van der Waals surface area (Å²) in [6, 6.07) is 8.99. The number of hydrogen-bond donors (Lipinski definition) is 2. The van der Waals surface area contributed by atoms with Crippen LogP contribution in [0.15, 0.2) is 35.4 Å². The molecule has 0 heterocycles. The Labute approximate surface area is 66.1 Å². The van der Waals surface area contributed by atoms with E-state index in [2.05, 4.69) is 5.11 Å². The molecule has 0 radical (unpaired) electrons. The fourth-order valence-corrected chi connectivity index (χ4v) is 0.661. The molecule has 0 saturated heterocycles. The van der Waals surface area contributed by atoms with Crippen molar-refractivity contribution in [2.24, 2.45) is 5.11 Å². The first-order chi connectivity index (χ1) is 4.84. The van der Waals surface area contributed by atoms with Crippen LogP contribution in [0.4, 0.5) is 0 Å². The van der Waals surface area contributed by atoms with E-state index in [0.29, 0.717) is 5.56 Å². The van der Waals surface area contributed by atoms with E-state index in [0.717, 1.165) is 0 Å². The van der Waals surface area contributed by atoms with Crippen LogP contribution in [-0.4, -0.2) is 5.84 Å². The molecule has 0 aromatic heterocycles. The molecule has 3 nitrogen and oxygen atoms in total. The van der Waals surface area contributed by atoms with Gasteiger partial charge in [-0.3, -0.25) is 5.41 Å². The van der Waals surface area contributed by atoms with Crippen molar-refractivity contribution in [3.05, 3.63) is 35.9 Å². The van der Waals surface area contributed by atoms with Gasteiger partial charge in [0.1, 0.15) is 0 Å². The third-order valence-electron chi connectivity index (χ3n) is 1.16. The Bertz CT molecular complexity index is 241. The number of nitrogens with one attached hydrogen (secondary N) is 2. The molecule has 0 fully saturated rings. The van der Waals surface area contributed by atoms with Crippen LogP contribution in [0.25, 0.3) is 0 Å². The van der Waals surface area contributed by atoms with Crippen LogP contribution in [0.3, 0.4) is 0 Å². The minimum atomic E-state index is 0. The van der Waals surface area contributed by atoms with Crippen LogP contribution in [0, 0.1) is 10.9 Å². The molecule has 0 saturated carbocycles. The quantitative estimate of drug-likeness (QED) is 0.350. The van der Waals surface area contributed by atoms with Crippen molar-refractivity contribution in [1.82, 2.24) is 0 Å². The molecular weight excluding hydrogens is 138 g/mol. The Morgan fingerprint density at radius 1 is 1.18 bits per heavy atom. The second-order valence-electron chi connectivity index (χ2n) is 1.83. The number of benzene rings is 1. The van der Waals surface area contributed by atoms with E-state index in [1.54, 1.807) is 12.1 Å². The van der Waals surface area contributed by atoms with Gasteiger partial charge in [-0.05, 0) is 0 Å². The molecule has 0 aliphatic rings. The minimum absolute atomic E-state index is 0. The maximum atomic E-state index is 7.12. The fraction of sp³-hybridized carbons (Fsp3) is 0.125. The summed E-state index contributed by atoms with van der Waals surface area (Å²) < 4.78 is 0. The summed E-state index contributed by atoms with van der Waals surface area (Å²) in [5, 5.41) is 10.1. The molecule has 0 amide bonds. The topological polar surface area (TPSA) is 60.1 Å². The fourth-order valence-electron chi connectivity index (χ4n) is 0.661. The molecule has 0 aliphatic carbocycles. The number of amidine groups is 1. The minimum Gasteiger partial charge on any atom is -0.281 e. The van der Waals surface area contributed by atoms with Crippen LogP contribution < -0.4 is 0 Å². The summed E-state index contributed by atoms with van der Waals surface area (Å²) in [7, 11) is 0. The molecule has 1 rings (SSSR count). The molecular formula is C8H11N3. The largest absolute Gasteiger partial charge is 0.281 e. The van der Waals surface area contributed by atoms with Gasteiger partial charge >= 0.3 is 0 Å². The monoisotopic (exact) mass is 149 g/mol. The van der Waals surface area contributed by atoms with Crippen LogP contribution in [0.5, 0.6) is 0 Å². The number of nitrogens with zero attached hydrogens (tertiary/aromatic N) is 1. The Morgan fingerprint density at radius 3 is 2.18 bits per heavy atom. The second-order valence-corrected chi connectivity index (χ2v) is 1.83. The molecule has 3 heteroatoms. The highest BCUT2D eigenvalue weighted by molar-refractivity contribution is 5.96. The maximum absolute atomic E-state index is 7.12. The van der Waals surface area contributed by atoms with Crippen LogP contribution in [0.1, 0.15) is 13.0 Å². The average Bonchev–Trinajstić information content (AvgIpc) is 2.05. The number of rotatable bonds is 1. The standard InChI is InChI=1S/C7H7N3.CH4/c8-7(10-9)6-4-2-1-3-5-6;/h1-5,8-9H;1H4. The van der Waals surface area contributed by atoms with E-state index < -0.39 is 0 Å². The highest BCUT2D eigenvalue weighted by atomic mass is 15.0. The lowest BCUT2D eigenvalue weighted by Gasteiger charge is -1.92. The van der Waals surface area contributed by atoms with Crippen LogP contribution in [-0.2, 0) is 0 Å². The van der Waals surface area contributed by atoms with Crippen LogP contribution >= 0.6 is 0 Å². The summed E-state index contributed by atoms with van der Waals surface area (Å²) in [5.74, 6) is 0.000556. The highest BCUT2D eigenvalue weighted by Crippen LogP contribution is 1.99. The van der Waals surface area contributed by atoms with Gasteiger partial charge in [0, 0.05) is 5.56 Å².